The van der Waals surface area contributed by atoms with Crippen molar-refractivity contribution in [2.45, 2.75) is 77.9 Å². The summed E-state index contributed by atoms with van der Waals surface area (Å²) < 4.78 is 72.1. The van der Waals surface area contributed by atoms with Gasteiger partial charge in [-0.15, -0.1) is 0 Å². The van der Waals surface area contributed by atoms with Crippen molar-refractivity contribution in [2.24, 2.45) is 5.92 Å². The first-order valence-electron chi connectivity index (χ1n) is 9.69. The molecule has 1 aromatic carbocycles. The second-order valence-corrected chi connectivity index (χ2v) is 11.1. The van der Waals surface area contributed by atoms with Crippen molar-refractivity contribution >= 4 is 21.9 Å². The number of hydrogen-bond donors (Lipinski definition) is 1. The van der Waals surface area contributed by atoms with Crippen LogP contribution in [0.2, 0.25) is 0 Å². The van der Waals surface area contributed by atoms with E-state index in [1.807, 2.05) is 27.7 Å². The van der Waals surface area contributed by atoms with Crippen molar-refractivity contribution in [3.05, 3.63) is 35.3 Å². The van der Waals surface area contributed by atoms with Crippen LogP contribution in [0.25, 0.3) is 10.9 Å². The Balaban J connectivity index is 2.73. The van der Waals surface area contributed by atoms with E-state index in [0.29, 0.717) is 17.6 Å². The van der Waals surface area contributed by atoms with Gasteiger partial charge in [-0.05, 0) is 50.3 Å². The van der Waals surface area contributed by atoms with Crippen LogP contribution >= 0.6 is 0 Å². The molecule has 0 amide bonds. The maximum absolute atomic E-state index is 14.7. The molecule has 0 aliphatic rings. The second-order valence-electron chi connectivity index (χ2n) is 9.15. The van der Waals surface area contributed by atoms with Gasteiger partial charge in [-0.2, -0.15) is 13.2 Å². The van der Waals surface area contributed by atoms with Gasteiger partial charge in [0.15, 0.2) is 0 Å². The lowest BCUT2D eigenvalue weighted by Gasteiger charge is -2.26. The van der Waals surface area contributed by atoms with Gasteiger partial charge in [0, 0.05) is 29.2 Å². The third-order valence-corrected chi connectivity index (χ3v) is 6.20. The topological polar surface area (TPSA) is 34.0 Å². The number of nitrogens with one attached hydrogen (secondary N) is 1. The van der Waals surface area contributed by atoms with Crippen molar-refractivity contribution in [3.63, 3.8) is 0 Å². The van der Waals surface area contributed by atoms with E-state index in [2.05, 4.69) is 4.72 Å². The molecule has 1 aromatic heterocycles. The Kier molecular flexibility index (Phi) is 6.89. The third kappa shape index (κ3) is 5.40. The van der Waals surface area contributed by atoms with E-state index < -0.39 is 33.8 Å². The van der Waals surface area contributed by atoms with Crippen LogP contribution in [0.3, 0.4) is 0 Å². The lowest BCUT2D eigenvalue weighted by molar-refractivity contribution is -0.152. The van der Waals surface area contributed by atoms with Crippen LogP contribution in [-0.2, 0) is 17.5 Å². The zero-order chi connectivity index (χ0) is 22.3. The molecule has 0 aliphatic heterocycles. The first kappa shape index (κ1) is 23.9. The molecular formula is C21H30F4N2OS. The number of hydrogen-bond acceptors (Lipinski definition) is 1. The summed E-state index contributed by atoms with van der Waals surface area (Å²) >= 11 is 0. The van der Waals surface area contributed by atoms with E-state index >= 15 is 0 Å². The Morgan fingerprint density at radius 2 is 1.66 bits per heavy atom. The lowest BCUT2D eigenvalue weighted by atomic mass is 9.98. The highest BCUT2D eigenvalue weighted by molar-refractivity contribution is 7.84. The van der Waals surface area contributed by atoms with Crippen LogP contribution in [0.4, 0.5) is 17.6 Å². The Bertz CT molecular complexity index is 895. The van der Waals surface area contributed by atoms with E-state index in [0.717, 1.165) is 0 Å². The third-order valence-electron chi connectivity index (χ3n) is 4.63. The van der Waals surface area contributed by atoms with Crippen LogP contribution in [0.5, 0.6) is 0 Å². The lowest BCUT2D eigenvalue weighted by Crippen LogP contribution is -2.41. The molecule has 164 valence electrons. The summed E-state index contributed by atoms with van der Waals surface area (Å²) in [6.07, 6.45) is -3.27. The van der Waals surface area contributed by atoms with Crippen LogP contribution < -0.4 is 4.72 Å². The zero-order valence-electron chi connectivity index (χ0n) is 17.9. The molecule has 0 bridgehead atoms. The highest BCUT2D eigenvalue weighted by atomic mass is 32.2. The minimum atomic E-state index is -4.69. The van der Waals surface area contributed by atoms with Gasteiger partial charge in [0.1, 0.15) is 11.9 Å². The van der Waals surface area contributed by atoms with Crippen LogP contribution in [0, 0.1) is 11.7 Å². The average Bonchev–Trinajstić information content (AvgIpc) is 2.85. The molecular weight excluding hydrogens is 404 g/mol. The largest absolute Gasteiger partial charge is 0.408 e. The molecule has 0 aliphatic carbocycles. The van der Waals surface area contributed by atoms with E-state index in [1.54, 1.807) is 31.4 Å². The number of aromatic nitrogens is 1. The number of alkyl halides is 3. The summed E-state index contributed by atoms with van der Waals surface area (Å²) in [6, 6.07) is 0.648. The summed E-state index contributed by atoms with van der Waals surface area (Å²) in [5.41, 5.74) is 0.901. The van der Waals surface area contributed by atoms with Gasteiger partial charge in [0.05, 0.1) is 15.7 Å². The maximum atomic E-state index is 14.7. The Labute approximate surface area is 172 Å². The van der Waals surface area contributed by atoms with Crippen molar-refractivity contribution < 1.29 is 21.8 Å². The van der Waals surface area contributed by atoms with Gasteiger partial charge in [-0.25, -0.2) is 13.3 Å². The van der Waals surface area contributed by atoms with Crippen molar-refractivity contribution in [2.75, 3.05) is 0 Å². The summed E-state index contributed by atoms with van der Waals surface area (Å²) in [6.45, 7) is 12.9. The number of fused-ring (bicyclic) bond motifs is 1. The number of rotatable bonds is 6. The fraction of sp³-hybridized carbons (Fsp3) is 0.619. The standard InChI is InChI=1S/C21H30F4N2OS/c1-12(2)10-27-11-16(15-8-17(22)14(13(3)4)9-18(15)27)19(21(23,24)25)26-29(28)20(5,6)7/h8-9,11-13,19,26H,10H2,1-7H3/t19-,29-/m0/s1. The molecule has 1 heterocycles. The summed E-state index contributed by atoms with van der Waals surface area (Å²) in [7, 11) is -1.95. The van der Waals surface area contributed by atoms with Crippen molar-refractivity contribution in [1.29, 1.82) is 0 Å². The second kappa shape index (κ2) is 8.38. The summed E-state index contributed by atoms with van der Waals surface area (Å²) in [5.74, 6) is -0.448. The molecule has 0 radical (unpaired) electrons. The van der Waals surface area contributed by atoms with Crippen molar-refractivity contribution in [1.82, 2.24) is 9.29 Å². The van der Waals surface area contributed by atoms with Gasteiger partial charge in [0.25, 0.3) is 0 Å². The minimum Gasteiger partial charge on any atom is -0.347 e. The normalized spacial score (nSPS) is 15.5. The average molecular weight is 435 g/mol. The fourth-order valence-electron chi connectivity index (χ4n) is 3.16. The molecule has 0 fully saturated rings. The minimum absolute atomic E-state index is 0.102. The smallest absolute Gasteiger partial charge is 0.347 e. The van der Waals surface area contributed by atoms with E-state index in [4.69, 9.17) is 0 Å². The van der Waals surface area contributed by atoms with Gasteiger partial charge < -0.3 is 4.57 Å². The Morgan fingerprint density at radius 3 is 2.10 bits per heavy atom. The predicted octanol–water partition coefficient (Wildman–Crippen LogP) is 6.22. The molecule has 0 saturated heterocycles. The quantitative estimate of drug-likeness (QED) is 0.539. The van der Waals surface area contributed by atoms with Crippen LogP contribution in [0.15, 0.2) is 18.3 Å². The van der Waals surface area contributed by atoms with Crippen LogP contribution in [-0.4, -0.2) is 19.7 Å². The number of nitrogens with zero attached hydrogens (tertiary/aromatic N) is 1. The molecule has 2 atom stereocenters. The highest BCUT2D eigenvalue weighted by Crippen LogP contribution is 2.39. The molecule has 29 heavy (non-hydrogen) atoms. The highest BCUT2D eigenvalue weighted by Gasteiger charge is 2.44. The zero-order valence-corrected chi connectivity index (χ0v) is 18.8. The number of benzene rings is 1. The predicted molar refractivity (Wildman–Crippen MR) is 111 cm³/mol. The van der Waals surface area contributed by atoms with Crippen LogP contribution in [0.1, 0.15) is 71.6 Å². The van der Waals surface area contributed by atoms with Gasteiger partial charge in [0.2, 0.25) is 0 Å². The first-order valence-corrected chi connectivity index (χ1v) is 10.8. The maximum Gasteiger partial charge on any atom is 0.408 e. The van der Waals surface area contributed by atoms with E-state index in [9.17, 15) is 21.8 Å². The molecule has 0 unspecified atom stereocenters. The van der Waals surface area contributed by atoms with Gasteiger partial charge >= 0.3 is 6.18 Å². The van der Waals surface area contributed by atoms with Gasteiger partial charge in [-0.3, -0.25) is 0 Å². The van der Waals surface area contributed by atoms with Gasteiger partial charge in [-0.1, -0.05) is 27.7 Å². The molecule has 1 N–H and O–H groups in total. The fourth-order valence-corrected chi connectivity index (χ4v) is 3.99. The van der Waals surface area contributed by atoms with E-state index in [-0.39, 0.29) is 22.8 Å². The Hall–Kier alpha value is -1.41. The molecule has 2 rings (SSSR count). The first-order chi connectivity index (χ1) is 13.1. The van der Waals surface area contributed by atoms with E-state index in [1.165, 1.54) is 12.3 Å². The molecule has 0 saturated carbocycles. The summed E-state index contributed by atoms with van der Waals surface area (Å²) in [4.78, 5) is 0. The number of halogens is 4. The Morgan fingerprint density at radius 1 is 1.07 bits per heavy atom. The molecule has 0 spiro atoms. The molecule has 3 nitrogen and oxygen atoms in total. The van der Waals surface area contributed by atoms with Crippen molar-refractivity contribution in [3.8, 4) is 0 Å². The molecule has 2 aromatic rings. The molecule has 8 heteroatoms. The monoisotopic (exact) mass is 434 g/mol. The summed E-state index contributed by atoms with van der Waals surface area (Å²) in [5, 5.41) is 0.188. The SMILES string of the molecule is CC(C)Cn1cc([C@H](N[S@@](=O)C(C)(C)C)C(F)(F)F)c2cc(F)c(C(C)C)cc21.